The predicted molar refractivity (Wildman–Crippen MR) is 85.1 cm³/mol. The Morgan fingerprint density at radius 2 is 1.92 bits per heavy atom. The second kappa shape index (κ2) is 5.38. The number of sulfonamides is 1. The molecular formula is C15H21N5O3S. The molecule has 2 fully saturated rings. The van der Waals surface area contributed by atoms with Crippen molar-refractivity contribution in [1.29, 1.82) is 0 Å². The van der Waals surface area contributed by atoms with Crippen molar-refractivity contribution in [2.24, 2.45) is 7.05 Å². The average Bonchev–Trinajstić information content (AvgIpc) is 2.97. The molecule has 4 rings (SSSR count). The van der Waals surface area contributed by atoms with Crippen molar-refractivity contribution in [3.05, 3.63) is 23.1 Å². The monoisotopic (exact) mass is 351 g/mol. The van der Waals surface area contributed by atoms with E-state index in [2.05, 4.69) is 15.2 Å². The molecule has 0 radical (unpaired) electrons. The molecule has 3 heterocycles. The number of nitrogens with zero attached hydrogens (tertiary/aromatic N) is 5. The average molecular weight is 351 g/mol. The third kappa shape index (κ3) is 2.46. The largest absolute Gasteiger partial charge is 0.339 e. The first kappa shape index (κ1) is 15.8. The minimum Gasteiger partial charge on any atom is -0.339 e. The van der Waals surface area contributed by atoms with Gasteiger partial charge in [0.25, 0.3) is 0 Å². The van der Waals surface area contributed by atoms with Crippen molar-refractivity contribution in [2.45, 2.75) is 49.8 Å². The van der Waals surface area contributed by atoms with Crippen LogP contribution in [-0.4, -0.2) is 45.7 Å². The first-order valence-electron chi connectivity index (χ1n) is 8.21. The van der Waals surface area contributed by atoms with Gasteiger partial charge in [-0.15, -0.1) is 0 Å². The zero-order valence-electron chi connectivity index (χ0n) is 14.1. The van der Waals surface area contributed by atoms with Crippen molar-refractivity contribution in [2.75, 3.05) is 13.1 Å². The number of aryl methyl sites for hydroxylation is 2. The Kier molecular flexibility index (Phi) is 3.54. The highest BCUT2D eigenvalue weighted by molar-refractivity contribution is 7.89. The summed E-state index contributed by atoms with van der Waals surface area (Å²) in [6.45, 7) is 4.36. The molecule has 0 amide bonds. The molecule has 130 valence electrons. The Bertz CT molecular complexity index is 881. The molecule has 0 N–H and O–H groups in total. The molecule has 1 saturated heterocycles. The first-order valence-corrected chi connectivity index (χ1v) is 9.65. The van der Waals surface area contributed by atoms with E-state index in [1.165, 1.54) is 4.31 Å². The van der Waals surface area contributed by atoms with Crippen molar-refractivity contribution >= 4 is 10.0 Å². The van der Waals surface area contributed by atoms with Gasteiger partial charge >= 0.3 is 0 Å². The van der Waals surface area contributed by atoms with Gasteiger partial charge in [-0.05, 0) is 33.1 Å². The molecule has 1 unspecified atom stereocenters. The molecule has 2 aromatic rings. The number of hydrogen-bond acceptors (Lipinski definition) is 6. The van der Waals surface area contributed by atoms with Crippen LogP contribution in [0.3, 0.4) is 0 Å². The van der Waals surface area contributed by atoms with Gasteiger partial charge in [-0.1, -0.05) is 5.16 Å². The van der Waals surface area contributed by atoms with E-state index in [-0.39, 0.29) is 5.92 Å². The quantitative estimate of drug-likeness (QED) is 0.828. The summed E-state index contributed by atoms with van der Waals surface area (Å²) in [5, 5.41) is 8.29. The number of aromatic nitrogens is 4. The molecule has 0 bridgehead atoms. The molecule has 1 aliphatic heterocycles. The summed E-state index contributed by atoms with van der Waals surface area (Å²) in [5.41, 5.74) is 1.19. The normalized spacial score (nSPS) is 22.4. The molecule has 2 aromatic heterocycles. The van der Waals surface area contributed by atoms with Crippen molar-refractivity contribution < 1.29 is 12.9 Å². The molecule has 1 atom stereocenters. The topological polar surface area (TPSA) is 94.1 Å². The minimum atomic E-state index is -3.55. The fraction of sp³-hybridized carbons (Fsp3) is 0.667. The van der Waals surface area contributed by atoms with E-state index in [0.717, 1.165) is 12.8 Å². The highest BCUT2D eigenvalue weighted by Gasteiger charge is 2.38. The van der Waals surface area contributed by atoms with Crippen LogP contribution in [0.25, 0.3) is 0 Å². The third-order valence-electron chi connectivity index (χ3n) is 4.94. The lowest BCUT2D eigenvalue weighted by molar-refractivity contribution is 0.370. The minimum absolute atomic E-state index is 0.00620. The van der Waals surface area contributed by atoms with E-state index in [9.17, 15) is 8.42 Å². The smallest absolute Gasteiger partial charge is 0.246 e. The summed E-state index contributed by atoms with van der Waals surface area (Å²) < 4.78 is 34.4. The van der Waals surface area contributed by atoms with Crippen LogP contribution < -0.4 is 0 Å². The van der Waals surface area contributed by atoms with E-state index in [0.29, 0.717) is 53.4 Å². The highest BCUT2D eigenvalue weighted by Crippen LogP contribution is 2.40. The molecule has 0 aromatic carbocycles. The third-order valence-corrected chi connectivity index (χ3v) is 7.06. The van der Waals surface area contributed by atoms with Crippen LogP contribution in [0.1, 0.15) is 54.2 Å². The highest BCUT2D eigenvalue weighted by atomic mass is 32.2. The van der Waals surface area contributed by atoms with Gasteiger partial charge in [0.15, 0.2) is 5.82 Å². The molecule has 24 heavy (non-hydrogen) atoms. The van der Waals surface area contributed by atoms with Gasteiger partial charge in [0.2, 0.25) is 15.9 Å². The second-order valence-corrected chi connectivity index (χ2v) is 8.61. The van der Waals surface area contributed by atoms with Gasteiger partial charge in [0.1, 0.15) is 4.90 Å². The molecule has 1 saturated carbocycles. The van der Waals surface area contributed by atoms with Gasteiger partial charge in [-0.2, -0.15) is 14.4 Å². The van der Waals surface area contributed by atoms with Crippen LogP contribution in [0.2, 0.25) is 0 Å². The Labute approximate surface area is 140 Å². The van der Waals surface area contributed by atoms with E-state index in [1.807, 2.05) is 0 Å². The second-order valence-electron chi connectivity index (χ2n) is 6.74. The summed E-state index contributed by atoms with van der Waals surface area (Å²) in [4.78, 5) is 4.78. The molecule has 9 heteroatoms. The summed E-state index contributed by atoms with van der Waals surface area (Å²) in [6.07, 6.45) is 2.92. The summed E-state index contributed by atoms with van der Waals surface area (Å²) in [7, 11) is -1.80. The molecule has 2 aliphatic rings. The Morgan fingerprint density at radius 1 is 1.17 bits per heavy atom. The fourth-order valence-corrected chi connectivity index (χ4v) is 5.22. The van der Waals surface area contributed by atoms with Gasteiger partial charge < -0.3 is 4.52 Å². The molecule has 0 spiro atoms. The fourth-order valence-electron chi connectivity index (χ4n) is 3.32. The lowest BCUT2D eigenvalue weighted by atomic mass is 10.1. The van der Waals surface area contributed by atoms with Gasteiger partial charge in [0.05, 0.1) is 11.4 Å². The number of rotatable bonds is 4. The Balaban J connectivity index is 1.57. The maximum atomic E-state index is 13.0. The van der Waals surface area contributed by atoms with Crippen molar-refractivity contribution in [1.82, 2.24) is 24.2 Å². The van der Waals surface area contributed by atoms with E-state index < -0.39 is 10.0 Å². The number of hydrogen-bond donors (Lipinski definition) is 0. The van der Waals surface area contributed by atoms with Gasteiger partial charge in [-0.3, -0.25) is 4.68 Å². The summed E-state index contributed by atoms with van der Waals surface area (Å²) in [5.74, 6) is 1.74. The van der Waals surface area contributed by atoms with Crippen LogP contribution in [0, 0.1) is 13.8 Å². The SMILES string of the molecule is Cc1nn(C)c(C)c1S(=O)(=O)N1CCC(c2noc(C3CC3)n2)C1. The van der Waals surface area contributed by atoms with E-state index in [4.69, 9.17) is 4.52 Å². The van der Waals surface area contributed by atoms with Crippen LogP contribution in [0.5, 0.6) is 0 Å². The van der Waals surface area contributed by atoms with Crippen LogP contribution in [0.4, 0.5) is 0 Å². The summed E-state index contributed by atoms with van der Waals surface area (Å²) in [6, 6.07) is 0. The van der Waals surface area contributed by atoms with Gasteiger partial charge in [0, 0.05) is 32.0 Å². The summed E-state index contributed by atoms with van der Waals surface area (Å²) >= 11 is 0. The van der Waals surface area contributed by atoms with Gasteiger partial charge in [-0.25, -0.2) is 8.42 Å². The van der Waals surface area contributed by atoms with Crippen LogP contribution >= 0.6 is 0 Å². The lowest BCUT2D eigenvalue weighted by Crippen LogP contribution is -2.29. The predicted octanol–water partition coefficient (Wildman–Crippen LogP) is 1.48. The van der Waals surface area contributed by atoms with Crippen LogP contribution in [0.15, 0.2) is 9.42 Å². The lowest BCUT2D eigenvalue weighted by Gasteiger charge is -2.16. The maximum Gasteiger partial charge on any atom is 0.246 e. The zero-order valence-corrected chi connectivity index (χ0v) is 14.9. The zero-order chi connectivity index (χ0) is 17.1. The first-order chi connectivity index (χ1) is 11.4. The maximum absolute atomic E-state index is 13.0. The van der Waals surface area contributed by atoms with Crippen molar-refractivity contribution in [3.8, 4) is 0 Å². The molecule has 8 nitrogen and oxygen atoms in total. The Hall–Kier alpha value is -1.74. The van der Waals surface area contributed by atoms with Crippen molar-refractivity contribution in [3.63, 3.8) is 0 Å². The standard InChI is InChI=1S/C15H21N5O3S/c1-9-13(10(2)19(3)17-9)24(21,22)20-7-6-12(8-20)14-16-15(23-18-14)11-4-5-11/h11-12H,4-8H2,1-3H3. The van der Waals surface area contributed by atoms with E-state index in [1.54, 1.807) is 25.6 Å². The van der Waals surface area contributed by atoms with Crippen LogP contribution in [-0.2, 0) is 17.1 Å². The Morgan fingerprint density at radius 3 is 2.54 bits per heavy atom. The molecule has 1 aliphatic carbocycles. The van der Waals surface area contributed by atoms with E-state index >= 15 is 0 Å². The molecular weight excluding hydrogens is 330 g/mol.